The van der Waals surface area contributed by atoms with Gasteiger partial charge in [-0.15, -0.1) is 24.0 Å². The molecule has 0 saturated carbocycles. The molecule has 0 amide bonds. The van der Waals surface area contributed by atoms with Crippen molar-refractivity contribution in [2.45, 2.75) is 44.0 Å². The number of nitrogens with zero attached hydrogens (tertiary/aromatic N) is 2. The molecule has 0 radical (unpaired) electrons. The Morgan fingerprint density at radius 2 is 1.92 bits per heavy atom. The van der Waals surface area contributed by atoms with Gasteiger partial charge in [0.15, 0.2) is 5.96 Å². The molecular formula is C16H27IN4O2S. The van der Waals surface area contributed by atoms with Gasteiger partial charge in [-0.25, -0.2) is 13.4 Å². The Labute approximate surface area is 162 Å². The van der Waals surface area contributed by atoms with Crippen LogP contribution in [-0.2, 0) is 16.6 Å². The number of hydrogen-bond donors (Lipinski definition) is 2. The Balaban J connectivity index is 0.00000288. The zero-order valence-electron chi connectivity index (χ0n) is 14.1. The molecular weight excluding hydrogens is 439 g/mol. The summed E-state index contributed by atoms with van der Waals surface area (Å²) in [5, 5.41) is 2.99. The van der Waals surface area contributed by atoms with Crippen LogP contribution in [-0.4, -0.2) is 38.3 Å². The molecule has 0 aromatic heterocycles. The molecule has 1 heterocycles. The molecule has 6 nitrogen and oxygen atoms in total. The van der Waals surface area contributed by atoms with Gasteiger partial charge in [-0.3, -0.25) is 0 Å². The Bertz CT molecular complexity index is 643. The molecule has 1 aliphatic heterocycles. The van der Waals surface area contributed by atoms with Crippen LogP contribution in [0.1, 0.15) is 38.2 Å². The first-order valence-electron chi connectivity index (χ1n) is 8.17. The predicted molar refractivity (Wildman–Crippen MR) is 108 cm³/mol. The van der Waals surface area contributed by atoms with E-state index in [1.165, 1.54) is 0 Å². The number of benzene rings is 1. The van der Waals surface area contributed by atoms with E-state index in [0.717, 1.165) is 32.2 Å². The molecule has 1 aromatic carbocycles. The minimum atomic E-state index is -3.45. The lowest BCUT2D eigenvalue weighted by Gasteiger charge is -2.26. The van der Waals surface area contributed by atoms with Crippen LogP contribution >= 0.6 is 24.0 Å². The molecule has 8 heteroatoms. The van der Waals surface area contributed by atoms with Crippen molar-refractivity contribution in [3.63, 3.8) is 0 Å². The molecule has 136 valence electrons. The number of halogens is 1. The van der Waals surface area contributed by atoms with Gasteiger partial charge in [0.1, 0.15) is 0 Å². The monoisotopic (exact) mass is 466 g/mol. The van der Waals surface area contributed by atoms with Gasteiger partial charge in [-0.05, 0) is 30.9 Å². The number of guanidine groups is 1. The van der Waals surface area contributed by atoms with Crippen molar-refractivity contribution >= 4 is 40.0 Å². The smallest absolute Gasteiger partial charge is 0.243 e. The summed E-state index contributed by atoms with van der Waals surface area (Å²) in [6, 6.07) is 7.04. The Kier molecular flexibility index (Phi) is 8.99. The third-order valence-corrected chi connectivity index (χ3v) is 5.88. The maximum absolute atomic E-state index is 12.9. The van der Waals surface area contributed by atoms with Gasteiger partial charge in [0.05, 0.1) is 11.4 Å². The third-order valence-electron chi connectivity index (χ3n) is 3.88. The number of hydrogen-bond acceptors (Lipinski definition) is 3. The van der Waals surface area contributed by atoms with Gasteiger partial charge in [-0.2, -0.15) is 4.31 Å². The molecule has 0 unspecified atom stereocenters. The van der Waals surface area contributed by atoms with E-state index >= 15 is 0 Å². The second kappa shape index (κ2) is 10.2. The van der Waals surface area contributed by atoms with Crippen molar-refractivity contribution in [1.29, 1.82) is 0 Å². The lowest BCUT2D eigenvalue weighted by Crippen LogP contribution is -2.36. The van der Waals surface area contributed by atoms with Crippen LogP contribution in [0, 0.1) is 0 Å². The summed E-state index contributed by atoms with van der Waals surface area (Å²) in [6.45, 7) is 4.25. The molecule has 0 aliphatic carbocycles. The van der Waals surface area contributed by atoms with Crippen LogP contribution in [0.3, 0.4) is 0 Å². The maximum atomic E-state index is 12.9. The van der Waals surface area contributed by atoms with Crippen LogP contribution in [0.5, 0.6) is 0 Å². The van der Waals surface area contributed by atoms with Crippen molar-refractivity contribution in [2.75, 3.05) is 19.6 Å². The molecule has 1 saturated heterocycles. The van der Waals surface area contributed by atoms with Crippen LogP contribution in [0.4, 0.5) is 0 Å². The summed E-state index contributed by atoms with van der Waals surface area (Å²) in [5.41, 5.74) is 6.47. The minimum absolute atomic E-state index is 0. The van der Waals surface area contributed by atoms with Crippen LogP contribution in [0.25, 0.3) is 0 Å². The Morgan fingerprint density at radius 1 is 1.25 bits per heavy atom. The van der Waals surface area contributed by atoms with E-state index in [1.54, 1.807) is 22.5 Å². The quantitative estimate of drug-likeness (QED) is 0.383. The fourth-order valence-corrected chi connectivity index (χ4v) is 4.34. The summed E-state index contributed by atoms with van der Waals surface area (Å²) in [6.07, 6.45) is 3.90. The first kappa shape index (κ1) is 21.2. The van der Waals surface area contributed by atoms with Gasteiger partial charge >= 0.3 is 0 Å². The third kappa shape index (κ3) is 5.59. The van der Waals surface area contributed by atoms with Crippen LogP contribution in [0.2, 0.25) is 0 Å². The minimum Gasteiger partial charge on any atom is -0.370 e. The Morgan fingerprint density at radius 3 is 2.58 bits per heavy atom. The molecule has 0 spiro atoms. The lowest BCUT2D eigenvalue weighted by molar-refractivity contribution is 0.346. The summed E-state index contributed by atoms with van der Waals surface area (Å²) < 4.78 is 27.3. The molecule has 0 bridgehead atoms. The second-order valence-electron chi connectivity index (χ2n) is 5.70. The van der Waals surface area contributed by atoms with Crippen molar-refractivity contribution in [3.05, 3.63) is 29.8 Å². The van der Waals surface area contributed by atoms with E-state index < -0.39 is 10.0 Å². The summed E-state index contributed by atoms with van der Waals surface area (Å²) in [5.74, 6) is 0.344. The topological polar surface area (TPSA) is 87.8 Å². The average Bonchev–Trinajstić information content (AvgIpc) is 2.59. The number of sulfonamides is 1. The highest BCUT2D eigenvalue weighted by atomic mass is 127. The summed E-state index contributed by atoms with van der Waals surface area (Å²) >= 11 is 0. The summed E-state index contributed by atoms with van der Waals surface area (Å²) in [7, 11) is -3.45. The first-order valence-corrected chi connectivity index (χ1v) is 9.61. The second-order valence-corrected chi connectivity index (χ2v) is 7.61. The molecule has 2 rings (SSSR count). The Hall–Kier alpha value is -0.870. The molecule has 1 fully saturated rings. The highest BCUT2D eigenvalue weighted by Gasteiger charge is 2.27. The highest BCUT2D eigenvalue weighted by molar-refractivity contribution is 14.0. The first-order chi connectivity index (χ1) is 11.1. The van der Waals surface area contributed by atoms with Crippen molar-refractivity contribution < 1.29 is 8.42 Å². The highest BCUT2D eigenvalue weighted by Crippen LogP contribution is 2.23. The van der Waals surface area contributed by atoms with Crippen molar-refractivity contribution in [2.24, 2.45) is 10.7 Å². The van der Waals surface area contributed by atoms with Gasteiger partial charge in [0, 0.05) is 19.6 Å². The van der Waals surface area contributed by atoms with Gasteiger partial charge in [0.2, 0.25) is 10.0 Å². The summed E-state index contributed by atoms with van der Waals surface area (Å²) in [4.78, 5) is 4.59. The normalized spacial score (nSPS) is 16.5. The fraction of sp³-hybridized carbons (Fsp3) is 0.562. The van der Waals surface area contributed by atoms with Gasteiger partial charge < -0.3 is 11.1 Å². The molecule has 3 N–H and O–H groups in total. The van der Waals surface area contributed by atoms with E-state index in [1.807, 2.05) is 13.0 Å². The maximum Gasteiger partial charge on any atom is 0.243 e. The number of rotatable bonds is 6. The van der Waals surface area contributed by atoms with E-state index in [0.29, 0.717) is 29.5 Å². The number of aliphatic imine (C=N–C) groups is 1. The van der Waals surface area contributed by atoms with Crippen molar-refractivity contribution in [1.82, 2.24) is 9.62 Å². The van der Waals surface area contributed by atoms with E-state index in [4.69, 9.17) is 5.73 Å². The average molecular weight is 466 g/mol. The fourth-order valence-electron chi connectivity index (χ4n) is 2.61. The van der Waals surface area contributed by atoms with Crippen LogP contribution < -0.4 is 11.1 Å². The van der Waals surface area contributed by atoms with E-state index in [2.05, 4.69) is 10.3 Å². The molecule has 24 heavy (non-hydrogen) atoms. The van der Waals surface area contributed by atoms with Gasteiger partial charge in [-0.1, -0.05) is 31.5 Å². The number of nitrogens with one attached hydrogen (secondary N) is 1. The zero-order valence-corrected chi connectivity index (χ0v) is 17.2. The van der Waals surface area contributed by atoms with E-state index in [9.17, 15) is 8.42 Å². The standard InChI is InChI=1S/C16H26N4O2S.HI/c1-2-10-18-16(17)19-13-14-8-4-5-9-15(14)23(21,22)20-11-6-3-7-12-20;/h4-5,8-9H,2-3,6-7,10-13H2,1H3,(H3,17,18,19);1H. The molecule has 1 aromatic rings. The van der Waals surface area contributed by atoms with Crippen LogP contribution in [0.15, 0.2) is 34.2 Å². The zero-order chi connectivity index (χ0) is 16.7. The SMILES string of the molecule is CCCNC(N)=NCc1ccccc1S(=O)(=O)N1CCCCC1.I. The molecule has 1 aliphatic rings. The largest absolute Gasteiger partial charge is 0.370 e. The van der Waals surface area contributed by atoms with Gasteiger partial charge in [0.25, 0.3) is 0 Å². The number of piperidine rings is 1. The number of nitrogens with two attached hydrogens (primary N) is 1. The van der Waals surface area contributed by atoms with Crippen molar-refractivity contribution in [3.8, 4) is 0 Å². The lowest BCUT2D eigenvalue weighted by atomic mass is 10.2. The molecule has 0 atom stereocenters. The predicted octanol–water partition coefficient (Wildman–Crippen LogP) is 2.29. The van der Waals surface area contributed by atoms with E-state index in [-0.39, 0.29) is 30.5 Å².